The van der Waals surface area contributed by atoms with Crippen LogP contribution in [-0.2, 0) is 0 Å². The van der Waals surface area contributed by atoms with Crippen LogP contribution < -0.4 is 0 Å². The number of rotatable bonds is 2. The van der Waals surface area contributed by atoms with E-state index in [0.29, 0.717) is 0 Å². The quantitative estimate of drug-likeness (QED) is 0.701. The molecule has 0 aliphatic heterocycles. The van der Waals surface area contributed by atoms with E-state index in [9.17, 15) is 9.18 Å². The molecule has 0 spiro atoms. The van der Waals surface area contributed by atoms with Crippen molar-refractivity contribution >= 4 is 27.2 Å². The lowest BCUT2D eigenvalue weighted by molar-refractivity contribution is 0.0880. The number of Topliss-reactive ketones (excluding diaryl/α,β-unsaturated/α-hetero) is 1. The molecule has 100 valence electrons. The summed E-state index contributed by atoms with van der Waals surface area (Å²) >= 11 is 1.49. The molecule has 1 nitrogen and oxygen atoms in total. The van der Waals surface area contributed by atoms with Crippen molar-refractivity contribution in [3.05, 3.63) is 35.0 Å². The SMILES string of the molecule is CC1CCC(C(=O)c2cc3cc(F)ccc3s2)CC1. The molecule has 0 atom stereocenters. The van der Waals surface area contributed by atoms with Crippen molar-refractivity contribution in [1.82, 2.24) is 0 Å². The van der Waals surface area contributed by atoms with Gasteiger partial charge >= 0.3 is 0 Å². The minimum atomic E-state index is -0.240. The predicted molar refractivity (Wildman–Crippen MR) is 77.2 cm³/mol. The van der Waals surface area contributed by atoms with Crippen molar-refractivity contribution in [2.24, 2.45) is 11.8 Å². The van der Waals surface area contributed by atoms with Crippen LogP contribution in [0.1, 0.15) is 42.3 Å². The van der Waals surface area contributed by atoms with Gasteiger partial charge in [0.15, 0.2) is 5.78 Å². The summed E-state index contributed by atoms with van der Waals surface area (Å²) in [6, 6.07) is 6.57. The number of hydrogen-bond acceptors (Lipinski definition) is 2. The lowest BCUT2D eigenvalue weighted by atomic mass is 9.80. The van der Waals surface area contributed by atoms with Gasteiger partial charge in [0.2, 0.25) is 0 Å². The molecule has 0 radical (unpaired) electrons. The van der Waals surface area contributed by atoms with Crippen LogP contribution in [0.3, 0.4) is 0 Å². The van der Waals surface area contributed by atoms with E-state index in [4.69, 9.17) is 0 Å². The minimum absolute atomic E-state index is 0.175. The summed E-state index contributed by atoms with van der Waals surface area (Å²) in [6.07, 6.45) is 4.30. The van der Waals surface area contributed by atoms with Gasteiger partial charge < -0.3 is 0 Å². The number of carbonyl (C=O) groups excluding carboxylic acids is 1. The highest BCUT2D eigenvalue weighted by molar-refractivity contribution is 7.20. The Bertz CT molecular complexity index is 608. The topological polar surface area (TPSA) is 17.1 Å². The van der Waals surface area contributed by atoms with Crippen LogP contribution in [0.25, 0.3) is 10.1 Å². The highest BCUT2D eigenvalue weighted by Gasteiger charge is 2.26. The first kappa shape index (κ1) is 12.8. The monoisotopic (exact) mass is 276 g/mol. The number of carbonyl (C=O) groups is 1. The van der Waals surface area contributed by atoms with E-state index in [0.717, 1.165) is 46.6 Å². The van der Waals surface area contributed by atoms with Gasteiger partial charge in [0.25, 0.3) is 0 Å². The Labute approximate surface area is 116 Å². The molecule has 1 aliphatic carbocycles. The van der Waals surface area contributed by atoms with Gasteiger partial charge in [0.1, 0.15) is 5.82 Å². The lowest BCUT2D eigenvalue weighted by Crippen LogP contribution is -2.20. The van der Waals surface area contributed by atoms with Crippen LogP contribution in [0.15, 0.2) is 24.3 Å². The van der Waals surface area contributed by atoms with Crippen molar-refractivity contribution in [2.75, 3.05) is 0 Å². The molecule has 0 N–H and O–H groups in total. The van der Waals surface area contributed by atoms with Gasteiger partial charge in [-0.2, -0.15) is 0 Å². The first-order valence-electron chi connectivity index (χ1n) is 6.87. The molecule has 3 rings (SSSR count). The van der Waals surface area contributed by atoms with Crippen molar-refractivity contribution in [3.63, 3.8) is 0 Å². The maximum Gasteiger partial charge on any atom is 0.175 e. The fraction of sp³-hybridized carbons (Fsp3) is 0.438. The van der Waals surface area contributed by atoms with E-state index in [1.54, 1.807) is 6.07 Å². The fourth-order valence-corrected chi connectivity index (χ4v) is 3.92. The molecular weight excluding hydrogens is 259 g/mol. The summed E-state index contributed by atoms with van der Waals surface area (Å²) in [6.45, 7) is 2.25. The molecule has 1 aromatic heterocycles. The highest BCUT2D eigenvalue weighted by Crippen LogP contribution is 2.34. The number of thiophene rings is 1. The average molecular weight is 276 g/mol. The fourth-order valence-electron chi connectivity index (χ4n) is 2.86. The summed E-state index contributed by atoms with van der Waals surface area (Å²) in [4.78, 5) is 13.3. The van der Waals surface area contributed by atoms with Crippen molar-refractivity contribution in [1.29, 1.82) is 0 Å². The van der Waals surface area contributed by atoms with Gasteiger partial charge in [0.05, 0.1) is 4.88 Å². The first-order chi connectivity index (χ1) is 9.13. The zero-order valence-corrected chi connectivity index (χ0v) is 11.8. The third kappa shape index (κ3) is 2.57. The standard InChI is InChI=1S/C16H17FOS/c1-10-2-4-11(5-3-10)16(18)15-9-12-8-13(17)6-7-14(12)19-15/h6-11H,2-5H2,1H3. The smallest absolute Gasteiger partial charge is 0.175 e. The van der Waals surface area contributed by atoms with Gasteiger partial charge in [-0.25, -0.2) is 4.39 Å². The molecular formula is C16H17FOS. The maximum absolute atomic E-state index is 13.2. The largest absolute Gasteiger partial charge is 0.293 e. The van der Waals surface area contributed by atoms with Crippen molar-refractivity contribution in [2.45, 2.75) is 32.6 Å². The molecule has 1 aliphatic rings. The zero-order chi connectivity index (χ0) is 13.4. The van der Waals surface area contributed by atoms with E-state index < -0.39 is 0 Å². The Hall–Kier alpha value is -1.22. The first-order valence-corrected chi connectivity index (χ1v) is 7.68. The van der Waals surface area contributed by atoms with E-state index in [-0.39, 0.29) is 17.5 Å². The third-order valence-corrected chi connectivity index (χ3v) is 5.24. The van der Waals surface area contributed by atoms with Gasteiger partial charge in [0, 0.05) is 10.6 Å². The van der Waals surface area contributed by atoms with Crippen LogP contribution in [0, 0.1) is 17.7 Å². The van der Waals surface area contributed by atoms with Gasteiger partial charge in [-0.05, 0) is 48.4 Å². The predicted octanol–water partition coefficient (Wildman–Crippen LogP) is 5.05. The van der Waals surface area contributed by atoms with Gasteiger partial charge in [-0.3, -0.25) is 4.79 Å². The molecule has 1 fully saturated rings. The van der Waals surface area contributed by atoms with Crippen molar-refractivity contribution in [3.8, 4) is 0 Å². The molecule has 3 heteroatoms. The number of halogens is 1. The Morgan fingerprint density at radius 1 is 1.21 bits per heavy atom. The molecule has 1 aromatic carbocycles. The molecule has 0 unspecified atom stereocenters. The molecule has 19 heavy (non-hydrogen) atoms. The average Bonchev–Trinajstić information content (AvgIpc) is 2.81. The molecule has 1 heterocycles. The second-order valence-corrected chi connectivity index (χ2v) is 6.70. The summed E-state index contributed by atoms with van der Waals surface area (Å²) in [5, 5.41) is 0.845. The molecule has 0 saturated heterocycles. The lowest BCUT2D eigenvalue weighted by Gasteiger charge is -2.24. The Morgan fingerprint density at radius 2 is 1.95 bits per heavy atom. The van der Waals surface area contributed by atoms with Gasteiger partial charge in [-0.15, -0.1) is 11.3 Å². The van der Waals surface area contributed by atoms with Crippen LogP contribution in [0.2, 0.25) is 0 Å². The number of fused-ring (bicyclic) bond motifs is 1. The van der Waals surface area contributed by atoms with E-state index in [1.807, 2.05) is 6.07 Å². The number of hydrogen-bond donors (Lipinski definition) is 0. The van der Waals surface area contributed by atoms with Crippen LogP contribution in [0.5, 0.6) is 0 Å². The summed E-state index contributed by atoms with van der Waals surface area (Å²) in [5.74, 6) is 0.943. The zero-order valence-electron chi connectivity index (χ0n) is 11.0. The maximum atomic E-state index is 13.2. The van der Waals surface area contributed by atoms with Crippen molar-refractivity contribution < 1.29 is 9.18 Å². The summed E-state index contributed by atoms with van der Waals surface area (Å²) in [5.41, 5.74) is 0. The minimum Gasteiger partial charge on any atom is -0.293 e. The normalized spacial score (nSPS) is 23.7. The van der Waals surface area contributed by atoms with Crippen LogP contribution in [0.4, 0.5) is 4.39 Å². The second kappa shape index (κ2) is 5.04. The van der Waals surface area contributed by atoms with Crippen LogP contribution >= 0.6 is 11.3 Å². The third-order valence-electron chi connectivity index (χ3n) is 4.11. The molecule has 2 aromatic rings. The van der Waals surface area contributed by atoms with E-state index >= 15 is 0 Å². The molecule has 1 saturated carbocycles. The van der Waals surface area contributed by atoms with Gasteiger partial charge in [-0.1, -0.05) is 19.8 Å². The van der Waals surface area contributed by atoms with Crippen LogP contribution in [-0.4, -0.2) is 5.78 Å². The Morgan fingerprint density at radius 3 is 2.68 bits per heavy atom. The molecule has 0 amide bonds. The number of ketones is 1. The highest BCUT2D eigenvalue weighted by atomic mass is 32.1. The Balaban J connectivity index is 1.85. The summed E-state index contributed by atoms with van der Waals surface area (Å²) in [7, 11) is 0. The second-order valence-electron chi connectivity index (χ2n) is 5.61. The van der Waals surface area contributed by atoms with E-state index in [2.05, 4.69) is 6.92 Å². The Kier molecular flexibility index (Phi) is 3.40. The molecule has 0 bridgehead atoms. The number of benzene rings is 1. The van der Waals surface area contributed by atoms with E-state index in [1.165, 1.54) is 23.5 Å². The summed E-state index contributed by atoms with van der Waals surface area (Å²) < 4.78 is 14.2.